The molecule has 0 saturated heterocycles. The molecule has 1 unspecified atom stereocenters. The van der Waals surface area contributed by atoms with E-state index in [0.717, 1.165) is 37.4 Å². The van der Waals surface area contributed by atoms with Crippen LogP contribution in [-0.2, 0) is 6.54 Å². The van der Waals surface area contributed by atoms with Crippen LogP contribution in [0.25, 0.3) is 0 Å². The summed E-state index contributed by atoms with van der Waals surface area (Å²) in [4.78, 5) is 6.94. The molecule has 0 bridgehead atoms. The molecule has 2 N–H and O–H groups in total. The molecule has 0 radical (unpaired) electrons. The number of pyridine rings is 1. The van der Waals surface area contributed by atoms with Gasteiger partial charge >= 0.3 is 0 Å². The van der Waals surface area contributed by atoms with Gasteiger partial charge in [-0.15, -0.1) is 0 Å². The second kappa shape index (κ2) is 6.61. The maximum atomic E-state index is 5.60. The molecule has 0 amide bonds. The highest BCUT2D eigenvalue weighted by atomic mass is 15.1. The lowest BCUT2D eigenvalue weighted by Crippen LogP contribution is -2.34. The molecule has 0 aromatic carbocycles. The van der Waals surface area contributed by atoms with Crippen molar-refractivity contribution in [1.29, 1.82) is 0 Å². The number of rotatable bonds is 6. The fourth-order valence-corrected chi connectivity index (χ4v) is 1.90. The van der Waals surface area contributed by atoms with Crippen LogP contribution < -0.4 is 5.73 Å². The van der Waals surface area contributed by atoms with E-state index in [2.05, 4.69) is 35.9 Å². The van der Waals surface area contributed by atoms with Crippen LogP contribution in [0.15, 0.2) is 18.2 Å². The minimum absolute atomic E-state index is 0.525. The third kappa shape index (κ3) is 3.91. The zero-order chi connectivity index (χ0) is 12.0. The monoisotopic (exact) mass is 221 g/mol. The van der Waals surface area contributed by atoms with Crippen molar-refractivity contribution in [2.75, 3.05) is 13.1 Å². The summed E-state index contributed by atoms with van der Waals surface area (Å²) in [5.74, 6) is 0. The van der Waals surface area contributed by atoms with Crippen molar-refractivity contribution in [3.63, 3.8) is 0 Å². The topological polar surface area (TPSA) is 42.2 Å². The molecule has 0 spiro atoms. The van der Waals surface area contributed by atoms with Crippen molar-refractivity contribution >= 4 is 0 Å². The molecule has 90 valence electrons. The van der Waals surface area contributed by atoms with Crippen molar-refractivity contribution < 1.29 is 0 Å². The number of hydrogen-bond donors (Lipinski definition) is 1. The number of hydrogen-bond acceptors (Lipinski definition) is 3. The van der Waals surface area contributed by atoms with Crippen molar-refractivity contribution in [3.8, 4) is 0 Å². The minimum atomic E-state index is 0.525. The fourth-order valence-electron chi connectivity index (χ4n) is 1.90. The summed E-state index contributed by atoms with van der Waals surface area (Å²) in [5, 5.41) is 0. The molecule has 0 aliphatic carbocycles. The third-order valence-electron chi connectivity index (χ3n) is 2.93. The first-order chi connectivity index (χ1) is 7.67. The van der Waals surface area contributed by atoms with E-state index in [1.807, 2.05) is 13.0 Å². The van der Waals surface area contributed by atoms with E-state index < -0.39 is 0 Å². The Morgan fingerprint density at radius 1 is 1.44 bits per heavy atom. The van der Waals surface area contributed by atoms with Crippen molar-refractivity contribution in [1.82, 2.24) is 9.88 Å². The van der Waals surface area contributed by atoms with Gasteiger partial charge in [-0.3, -0.25) is 9.88 Å². The smallest absolute Gasteiger partial charge is 0.0547 e. The number of aryl methyl sites for hydroxylation is 1. The zero-order valence-electron chi connectivity index (χ0n) is 10.6. The predicted molar refractivity (Wildman–Crippen MR) is 68.2 cm³/mol. The van der Waals surface area contributed by atoms with E-state index in [1.165, 1.54) is 0 Å². The maximum Gasteiger partial charge on any atom is 0.0547 e. The fraction of sp³-hybridized carbons (Fsp3) is 0.615. The minimum Gasteiger partial charge on any atom is -0.330 e. The summed E-state index contributed by atoms with van der Waals surface area (Å²) < 4.78 is 0. The van der Waals surface area contributed by atoms with Gasteiger partial charge in [0.1, 0.15) is 0 Å². The Hall–Kier alpha value is -0.930. The Labute approximate surface area is 98.7 Å². The second-order valence-corrected chi connectivity index (χ2v) is 4.26. The van der Waals surface area contributed by atoms with Gasteiger partial charge in [-0.05, 0) is 45.5 Å². The first-order valence-corrected chi connectivity index (χ1v) is 6.04. The lowest BCUT2D eigenvalue weighted by atomic mass is 10.2. The highest BCUT2D eigenvalue weighted by Crippen LogP contribution is 2.08. The van der Waals surface area contributed by atoms with E-state index in [4.69, 9.17) is 5.73 Å². The van der Waals surface area contributed by atoms with Crippen molar-refractivity contribution in [3.05, 3.63) is 29.6 Å². The highest BCUT2D eigenvalue weighted by molar-refractivity contribution is 5.09. The zero-order valence-corrected chi connectivity index (χ0v) is 10.6. The largest absolute Gasteiger partial charge is 0.330 e. The normalized spacial score (nSPS) is 13.1. The van der Waals surface area contributed by atoms with E-state index in [9.17, 15) is 0 Å². The van der Waals surface area contributed by atoms with Crippen LogP contribution >= 0.6 is 0 Å². The molecular formula is C13H23N3. The molecule has 3 heteroatoms. The van der Waals surface area contributed by atoms with Crippen LogP contribution in [0, 0.1) is 6.92 Å². The van der Waals surface area contributed by atoms with Gasteiger partial charge in [-0.25, -0.2) is 0 Å². The molecule has 1 aromatic heterocycles. The Kier molecular flexibility index (Phi) is 5.43. The van der Waals surface area contributed by atoms with E-state index in [-0.39, 0.29) is 0 Å². The lowest BCUT2D eigenvalue weighted by molar-refractivity contribution is 0.201. The van der Waals surface area contributed by atoms with Crippen LogP contribution in [0.4, 0.5) is 0 Å². The summed E-state index contributed by atoms with van der Waals surface area (Å²) in [6, 6.07) is 6.71. The van der Waals surface area contributed by atoms with Gasteiger partial charge < -0.3 is 5.73 Å². The van der Waals surface area contributed by atoms with Gasteiger partial charge in [0.05, 0.1) is 5.69 Å². The predicted octanol–water partition coefficient (Wildman–Crippen LogP) is 1.95. The molecule has 1 rings (SSSR count). The summed E-state index contributed by atoms with van der Waals surface area (Å²) in [6.07, 6.45) is 1.04. The average Bonchev–Trinajstić information content (AvgIpc) is 2.26. The molecule has 0 fully saturated rings. The van der Waals surface area contributed by atoms with Crippen LogP contribution in [0.5, 0.6) is 0 Å². The van der Waals surface area contributed by atoms with Crippen LogP contribution in [0.1, 0.15) is 31.7 Å². The van der Waals surface area contributed by atoms with E-state index in [1.54, 1.807) is 0 Å². The van der Waals surface area contributed by atoms with Crippen molar-refractivity contribution in [2.45, 2.75) is 39.8 Å². The maximum absolute atomic E-state index is 5.60. The first-order valence-electron chi connectivity index (χ1n) is 6.04. The summed E-state index contributed by atoms with van der Waals surface area (Å²) in [7, 11) is 0. The molecule has 0 aliphatic rings. The molecule has 0 saturated carbocycles. The van der Waals surface area contributed by atoms with Gasteiger partial charge in [0, 0.05) is 18.3 Å². The van der Waals surface area contributed by atoms with Gasteiger partial charge in [-0.2, -0.15) is 0 Å². The molecule has 16 heavy (non-hydrogen) atoms. The van der Waals surface area contributed by atoms with Crippen LogP contribution in [-0.4, -0.2) is 29.0 Å². The van der Waals surface area contributed by atoms with Gasteiger partial charge in [-0.1, -0.05) is 13.0 Å². The van der Waals surface area contributed by atoms with Gasteiger partial charge in [0.2, 0.25) is 0 Å². The quantitative estimate of drug-likeness (QED) is 0.798. The first kappa shape index (κ1) is 13.1. The van der Waals surface area contributed by atoms with E-state index in [0.29, 0.717) is 6.04 Å². The number of nitrogens with two attached hydrogens (primary N) is 1. The summed E-state index contributed by atoms with van der Waals surface area (Å²) in [5.41, 5.74) is 7.82. The Morgan fingerprint density at radius 3 is 2.75 bits per heavy atom. The standard InChI is InChI=1S/C13H23N3/c1-4-16(12(3)8-9-14)10-13-7-5-6-11(2)15-13/h5-7,12H,4,8-10,14H2,1-3H3. The molecule has 3 nitrogen and oxygen atoms in total. The van der Waals surface area contributed by atoms with Gasteiger partial charge in [0.25, 0.3) is 0 Å². The molecule has 1 atom stereocenters. The molecular weight excluding hydrogens is 198 g/mol. The third-order valence-corrected chi connectivity index (χ3v) is 2.93. The Balaban J connectivity index is 2.62. The Morgan fingerprint density at radius 2 is 2.19 bits per heavy atom. The summed E-state index contributed by atoms with van der Waals surface area (Å²) in [6.45, 7) is 9.15. The molecule has 1 heterocycles. The SMILES string of the molecule is CCN(Cc1cccc(C)n1)C(C)CCN. The van der Waals surface area contributed by atoms with Crippen LogP contribution in [0.2, 0.25) is 0 Å². The molecule has 1 aromatic rings. The molecule has 0 aliphatic heterocycles. The number of aromatic nitrogens is 1. The summed E-state index contributed by atoms with van der Waals surface area (Å²) >= 11 is 0. The van der Waals surface area contributed by atoms with Gasteiger partial charge in [0.15, 0.2) is 0 Å². The van der Waals surface area contributed by atoms with Crippen LogP contribution in [0.3, 0.4) is 0 Å². The van der Waals surface area contributed by atoms with E-state index >= 15 is 0 Å². The second-order valence-electron chi connectivity index (χ2n) is 4.26. The Bertz CT molecular complexity index is 312. The average molecular weight is 221 g/mol. The lowest BCUT2D eigenvalue weighted by Gasteiger charge is -2.27. The van der Waals surface area contributed by atoms with Crippen molar-refractivity contribution in [2.24, 2.45) is 5.73 Å². The highest BCUT2D eigenvalue weighted by Gasteiger charge is 2.11. The number of nitrogens with zero attached hydrogens (tertiary/aromatic N) is 2.